The molecule has 0 radical (unpaired) electrons. The van der Waals surface area contributed by atoms with Gasteiger partial charge in [0.25, 0.3) is 0 Å². The molecule has 0 fully saturated rings. The molecule has 0 aliphatic rings. The summed E-state index contributed by atoms with van der Waals surface area (Å²) in [6.07, 6.45) is 4.09. The molecule has 2 rings (SSSR count). The molecule has 6 heteroatoms. The Bertz CT molecular complexity index is 659. The summed E-state index contributed by atoms with van der Waals surface area (Å²) in [6.45, 7) is 2.80. The van der Waals surface area contributed by atoms with Crippen LogP contribution in [0.5, 0.6) is 0 Å². The lowest BCUT2D eigenvalue weighted by Gasteiger charge is -2.20. The van der Waals surface area contributed by atoms with Crippen molar-refractivity contribution < 1.29 is 9.59 Å². The lowest BCUT2D eigenvalue weighted by Crippen LogP contribution is -2.40. The van der Waals surface area contributed by atoms with Gasteiger partial charge in [-0.25, -0.2) is 0 Å². The van der Waals surface area contributed by atoms with Gasteiger partial charge in [0.05, 0.1) is 0 Å². The molecule has 1 heterocycles. The Balaban J connectivity index is 1.93. The van der Waals surface area contributed by atoms with Gasteiger partial charge in [0.15, 0.2) is 0 Å². The molecule has 0 unspecified atom stereocenters. The van der Waals surface area contributed by atoms with Gasteiger partial charge in [-0.3, -0.25) is 14.6 Å². The number of likely N-dealkylation sites (N-methyl/N-ethyl adjacent to an activating group) is 1. The number of rotatable bonds is 5. The van der Waals surface area contributed by atoms with Gasteiger partial charge in [0.1, 0.15) is 0 Å². The van der Waals surface area contributed by atoms with Gasteiger partial charge in [-0.1, -0.05) is 11.6 Å². The summed E-state index contributed by atoms with van der Waals surface area (Å²) in [5.74, 6) is -1.19. The smallest absolute Gasteiger partial charge is 0.313 e. The van der Waals surface area contributed by atoms with Crippen LogP contribution in [0.3, 0.4) is 0 Å². The fourth-order valence-electron chi connectivity index (χ4n) is 2.08. The largest absolute Gasteiger partial charge is 0.334 e. The highest BCUT2D eigenvalue weighted by atomic mass is 35.5. The summed E-state index contributed by atoms with van der Waals surface area (Å²) in [7, 11) is 0. The fraction of sp³-hybridized carbons (Fsp3) is 0.235. The van der Waals surface area contributed by atoms with E-state index in [4.69, 9.17) is 11.6 Å². The first-order chi connectivity index (χ1) is 11.1. The van der Waals surface area contributed by atoms with E-state index in [0.717, 1.165) is 5.56 Å². The molecule has 0 bridgehead atoms. The lowest BCUT2D eigenvalue weighted by atomic mass is 10.2. The second kappa shape index (κ2) is 8.29. The van der Waals surface area contributed by atoms with Crippen LogP contribution in [0.2, 0.25) is 5.02 Å². The van der Waals surface area contributed by atoms with Gasteiger partial charge in [0.2, 0.25) is 0 Å². The number of nitrogens with one attached hydrogen (secondary N) is 1. The van der Waals surface area contributed by atoms with E-state index in [2.05, 4.69) is 10.3 Å². The van der Waals surface area contributed by atoms with Gasteiger partial charge in [0, 0.05) is 36.2 Å². The third-order valence-electron chi connectivity index (χ3n) is 3.39. The lowest BCUT2D eigenvalue weighted by molar-refractivity contribution is -0.143. The second-order valence-electron chi connectivity index (χ2n) is 4.95. The van der Waals surface area contributed by atoms with Gasteiger partial charge < -0.3 is 10.2 Å². The normalized spacial score (nSPS) is 10.2. The number of carbonyl (C=O) groups excluding carboxylic acids is 2. The quantitative estimate of drug-likeness (QED) is 0.857. The maximum absolute atomic E-state index is 12.2. The van der Waals surface area contributed by atoms with E-state index in [0.29, 0.717) is 30.2 Å². The van der Waals surface area contributed by atoms with Gasteiger partial charge in [-0.2, -0.15) is 0 Å². The van der Waals surface area contributed by atoms with Crippen LogP contribution in [-0.2, 0) is 16.0 Å². The summed E-state index contributed by atoms with van der Waals surface area (Å²) in [5.41, 5.74) is 1.61. The molecular formula is C17H18ClN3O2. The minimum atomic E-state index is -0.649. The van der Waals surface area contributed by atoms with Crippen molar-refractivity contribution in [2.45, 2.75) is 13.3 Å². The molecule has 0 atom stereocenters. The zero-order valence-electron chi connectivity index (χ0n) is 12.8. The van der Waals surface area contributed by atoms with Crippen LogP contribution < -0.4 is 5.32 Å². The van der Waals surface area contributed by atoms with Gasteiger partial charge in [-0.05, 0) is 55.3 Å². The van der Waals surface area contributed by atoms with E-state index in [1.54, 1.807) is 36.7 Å². The zero-order chi connectivity index (χ0) is 16.7. The molecular weight excluding hydrogens is 314 g/mol. The van der Waals surface area contributed by atoms with E-state index >= 15 is 0 Å². The van der Waals surface area contributed by atoms with Crippen molar-refractivity contribution in [3.63, 3.8) is 0 Å². The van der Waals surface area contributed by atoms with Crippen LogP contribution in [0.15, 0.2) is 48.8 Å². The highest BCUT2D eigenvalue weighted by molar-refractivity contribution is 6.39. The number of hydrogen-bond acceptors (Lipinski definition) is 3. The Morgan fingerprint density at radius 3 is 2.39 bits per heavy atom. The monoisotopic (exact) mass is 331 g/mol. The molecule has 1 N–H and O–H groups in total. The van der Waals surface area contributed by atoms with Crippen molar-refractivity contribution >= 4 is 29.1 Å². The van der Waals surface area contributed by atoms with E-state index in [9.17, 15) is 9.59 Å². The van der Waals surface area contributed by atoms with Crippen molar-refractivity contribution in [3.8, 4) is 0 Å². The highest BCUT2D eigenvalue weighted by Crippen LogP contribution is 2.13. The summed E-state index contributed by atoms with van der Waals surface area (Å²) >= 11 is 5.79. The average Bonchev–Trinajstić information content (AvgIpc) is 2.58. The summed E-state index contributed by atoms with van der Waals surface area (Å²) in [5, 5.41) is 3.15. The molecule has 0 saturated carbocycles. The summed E-state index contributed by atoms with van der Waals surface area (Å²) in [4.78, 5) is 29.8. The minimum Gasteiger partial charge on any atom is -0.334 e. The summed E-state index contributed by atoms with van der Waals surface area (Å²) in [6, 6.07) is 10.4. The Morgan fingerprint density at radius 1 is 1.13 bits per heavy atom. The number of amides is 2. The van der Waals surface area contributed by atoms with Crippen LogP contribution in [0, 0.1) is 0 Å². The number of anilines is 1. The Kier molecular flexibility index (Phi) is 6.11. The molecule has 0 aliphatic carbocycles. The number of halogens is 1. The number of pyridine rings is 1. The number of benzene rings is 1. The second-order valence-corrected chi connectivity index (χ2v) is 5.39. The first-order valence-electron chi connectivity index (χ1n) is 7.35. The van der Waals surface area contributed by atoms with Crippen LogP contribution >= 0.6 is 11.6 Å². The third kappa shape index (κ3) is 5.07. The van der Waals surface area contributed by atoms with Gasteiger partial charge in [-0.15, -0.1) is 0 Å². The SMILES string of the molecule is CCN(CCc1ccncc1)C(=O)C(=O)Nc1ccc(Cl)cc1. The molecule has 5 nitrogen and oxygen atoms in total. The Labute approximate surface area is 140 Å². The number of nitrogens with zero attached hydrogens (tertiary/aromatic N) is 2. The van der Waals surface area contributed by atoms with Crippen LogP contribution in [0.4, 0.5) is 5.69 Å². The minimum absolute atomic E-state index is 0.470. The first kappa shape index (κ1) is 17.0. The van der Waals surface area contributed by atoms with E-state index < -0.39 is 11.8 Å². The zero-order valence-corrected chi connectivity index (χ0v) is 13.6. The topological polar surface area (TPSA) is 62.3 Å². The Morgan fingerprint density at radius 2 is 1.78 bits per heavy atom. The maximum atomic E-state index is 12.2. The first-order valence-corrected chi connectivity index (χ1v) is 7.72. The van der Waals surface area contributed by atoms with Crippen molar-refractivity contribution in [3.05, 3.63) is 59.4 Å². The predicted molar refractivity (Wildman–Crippen MR) is 90.3 cm³/mol. The molecule has 1 aromatic carbocycles. The van der Waals surface area contributed by atoms with Crippen LogP contribution in [0.25, 0.3) is 0 Å². The third-order valence-corrected chi connectivity index (χ3v) is 3.64. The molecule has 0 saturated heterocycles. The average molecular weight is 332 g/mol. The molecule has 0 spiro atoms. The molecule has 0 aliphatic heterocycles. The predicted octanol–water partition coefficient (Wildman–Crippen LogP) is 2.76. The fourth-order valence-corrected chi connectivity index (χ4v) is 2.20. The van der Waals surface area contributed by atoms with E-state index in [-0.39, 0.29) is 0 Å². The van der Waals surface area contributed by atoms with Crippen molar-refractivity contribution in [2.75, 3.05) is 18.4 Å². The van der Waals surface area contributed by atoms with E-state index in [1.165, 1.54) is 4.90 Å². The van der Waals surface area contributed by atoms with E-state index in [1.807, 2.05) is 19.1 Å². The molecule has 23 heavy (non-hydrogen) atoms. The standard InChI is InChI=1S/C17H18ClN3O2/c1-2-21(12-9-13-7-10-19-11-8-13)17(23)16(22)20-15-5-3-14(18)4-6-15/h3-8,10-11H,2,9,12H2,1H3,(H,20,22). The number of hydrogen-bond donors (Lipinski definition) is 1. The highest BCUT2D eigenvalue weighted by Gasteiger charge is 2.20. The number of carbonyl (C=O) groups is 2. The van der Waals surface area contributed by atoms with Crippen LogP contribution in [-0.4, -0.2) is 34.8 Å². The summed E-state index contributed by atoms with van der Waals surface area (Å²) < 4.78 is 0. The maximum Gasteiger partial charge on any atom is 0.313 e. The van der Waals surface area contributed by atoms with Crippen molar-refractivity contribution in [1.82, 2.24) is 9.88 Å². The van der Waals surface area contributed by atoms with Crippen molar-refractivity contribution in [1.29, 1.82) is 0 Å². The molecule has 2 amide bonds. The molecule has 1 aromatic heterocycles. The molecule has 120 valence electrons. The molecule has 2 aromatic rings. The number of aromatic nitrogens is 1. The van der Waals surface area contributed by atoms with Crippen LogP contribution in [0.1, 0.15) is 12.5 Å². The van der Waals surface area contributed by atoms with Gasteiger partial charge >= 0.3 is 11.8 Å². The Hall–Kier alpha value is -2.40. The van der Waals surface area contributed by atoms with Crippen molar-refractivity contribution in [2.24, 2.45) is 0 Å².